The molecule has 3 fully saturated rings. The maximum Gasteiger partial charge on any atom is 0.302 e. The molecule has 0 aliphatic carbocycles. The Labute approximate surface area is 99.1 Å². The van der Waals surface area contributed by atoms with Crippen LogP contribution < -0.4 is 0 Å². The summed E-state index contributed by atoms with van der Waals surface area (Å²) in [4.78, 5) is 10.8. The Morgan fingerprint density at radius 3 is 2.71 bits per heavy atom. The van der Waals surface area contributed by atoms with E-state index in [0.717, 1.165) is 0 Å². The van der Waals surface area contributed by atoms with Gasteiger partial charge in [0.2, 0.25) is 0 Å². The van der Waals surface area contributed by atoms with Crippen LogP contribution in [-0.4, -0.2) is 49.1 Å². The first-order valence-corrected chi connectivity index (χ1v) is 5.70. The van der Waals surface area contributed by atoms with Gasteiger partial charge in [0.05, 0.1) is 6.61 Å². The number of hydrogen-bond acceptors (Lipinski definition) is 6. The van der Waals surface area contributed by atoms with Crippen molar-refractivity contribution in [1.29, 1.82) is 0 Å². The maximum absolute atomic E-state index is 10.8. The van der Waals surface area contributed by atoms with Gasteiger partial charge in [0, 0.05) is 6.92 Å². The molecule has 0 saturated carbocycles. The van der Waals surface area contributed by atoms with Crippen molar-refractivity contribution in [2.24, 2.45) is 0 Å². The van der Waals surface area contributed by atoms with Crippen molar-refractivity contribution in [3.05, 3.63) is 0 Å². The van der Waals surface area contributed by atoms with Crippen molar-refractivity contribution in [3.63, 3.8) is 0 Å². The second-order valence-corrected chi connectivity index (χ2v) is 5.16. The Morgan fingerprint density at radius 1 is 1.35 bits per heavy atom. The molecule has 96 valence electrons. The number of esters is 1. The lowest BCUT2D eigenvalue weighted by Gasteiger charge is -2.44. The molecule has 3 saturated heterocycles. The monoisotopic (exact) mass is 244 g/mol. The summed E-state index contributed by atoms with van der Waals surface area (Å²) in [5.74, 6) is -0.977. The first kappa shape index (κ1) is 11.4. The van der Waals surface area contributed by atoms with Gasteiger partial charge in [0.15, 0.2) is 17.7 Å². The van der Waals surface area contributed by atoms with Gasteiger partial charge in [-0.3, -0.25) is 4.79 Å². The minimum Gasteiger partial charge on any atom is -0.463 e. The van der Waals surface area contributed by atoms with Crippen molar-refractivity contribution >= 4 is 5.97 Å². The summed E-state index contributed by atoms with van der Waals surface area (Å²) in [7, 11) is 0. The standard InChI is InChI=1S/C11H16O6/c1-6(12)13-4-11-5-14-8(11)7-9(17-11)16-10(2,3)15-7/h7-9H,4-5H2,1-3H3/t7-,8-,9+,11-/m1/s1. The number of rotatable bonds is 2. The number of hydrogen-bond donors (Lipinski definition) is 0. The lowest BCUT2D eigenvalue weighted by atomic mass is 9.91. The van der Waals surface area contributed by atoms with E-state index < -0.39 is 17.7 Å². The van der Waals surface area contributed by atoms with Crippen LogP contribution in [0.3, 0.4) is 0 Å². The minimum absolute atomic E-state index is 0.188. The third-order valence-electron chi connectivity index (χ3n) is 3.28. The molecular weight excluding hydrogens is 228 g/mol. The van der Waals surface area contributed by atoms with Gasteiger partial charge in [0.1, 0.15) is 18.8 Å². The fourth-order valence-electron chi connectivity index (χ4n) is 2.53. The van der Waals surface area contributed by atoms with Crippen LogP contribution in [0.25, 0.3) is 0 Å². The van der Waals surface area contributed by atoms with Crippen LogP contribution in [0.1, 0.15) is 20.8 Å². The van der Waals surface area contributed by atoms with Crippen LogP contribution in [0.4, 0.5) is 0 Å². The van der Waals surface area contributed by atoms with Crippen LogP contribution >= 0.6 is 0 Å². The SMILES string of the molecule is CC(=O)OC[C@@]12CO[C@@H]1[C@H]1OC(C)(C)O[C@H]1O2. The predicted octanol–water partition coefficient (Wildman–Crippen LogP) is 0.195. The third kappa shape index (κ3) is 1.67. The van der Waals surface area contributed by atoms with Gasteiger partial charge >= 0.3 is 5.97 Å². The molecule has 3 heterocycles. The second kappa shape index (κ2) is 3.41. The van der Waals surface area contributed by atoms with E-state index >= 15 is 0 Å². The Hall–Kier alpha value is -0.690. The summed E-state index contributed by atoms with van der Waals surface area (Å²) < 4.78 is 27.6. The molecular formula is C11H16O6. The molecule has 3 rings (SSSR count). The van der Waals surface area contributed by atoms with Crippen molar-refractivity contribution in [1.82, 2.24) is 0 Å². The van der Waals surface area contributed by atoms with E-state index in [0.29, 0.717) is 6.61 Å². The average Bonchev–Trinajstić information content (AvgIpc) is 2.53. The lowest BCUT2D eigenvalue weighted by Crippen LogP contribution is -2.62. The normalized spacial score (nSPS) is 45.9. The van der Waals surface area contributed by atoms with Gasteiger partial charge in [-0.15, -0.1) is 0 Å². The minimum atomic E-state index is -0.651. The molecule has 0 amide bonds. The topological polar surface area (TPSA) is 63.2 Å². The van der Waals surface area contributed by atoms with Crippen molar-refractivity contribution in [3.8, 4) is 0 Å². The number of carbonyl (C=O) groups is 1. The zero-order valence-corrected chi connectivity index (χ0v) is 10.1. The number of carbonyl (C=O) groups excluding carboxylic acids is 1. The van der Waals surface area contributed by atoms with Crippen LogP contribution in [0.15, 0.2) is 0 Å². The van der Waals surface area contributed by atoms with E-state index in [1.54, 1.807) is 0 Å². The number of ether oxygens (including phenoxy) is 5. The van der Waals surface area contributed by atoms with Crippen molar-refractivity contribution < 1.29 is 28.5 Å². The summed E-state index contributed by atoms with van der Waals surface area (Å²) in [5.41, 5.74) is -0.586. The summed E-state index contributed by atoms with van der Waals surface area (Å²) in [6.45, 7) is 5.64. The van der Waals surface area contributed by atoms with Crippen LogP contribution in [-0.2, 0) is 28.5 Å². The summed E-state index contributed by atoms with van der Waals surface area (Å²) >= 11 is 0. The van der Waals surface area contributed by atoms with Crippen molar-refractivity contribution in [2.75, 3.05) is 13.2 Å². The highest BCUT2D eigenvalue weighted by molar-refractivity contribution is 5.66. The Bertz CT molecular complexity index is 354. The molecule has 0 radical (unpaired) electrons. The predicted molar refractivity (Wildman–Crippen MR) is 54.0 cm³/mol. The highest BCUT2D eigenvalue weighted by Crippen LogP contribution is 2.48. The molecule has 0 aromatic carbocycles. The average molecular weight is 244 g/mol. The number of fused-ring (bicyclic) bond motifs is 3. The second-order valence-electron chi connectivity index (χ2n) is 5.16. The summed E-state index contributed by atoms with van der Waals surface area (Å²) in [6.07, 6.45) is -0.893. The van der Waals surface area contributed by atoms with Gasteiger partial charge in [-0.1, -0.05) is 0 Å². The quantitative estimate of drug-likeness (QED) is 0.646. The Balaban J connectivity index is 1.70. The fraction of sp³-hybridized carbons (Fsp3) is 0.909. The molecule has 0 N–H and O–H groups in total. The van der Waals surface area contributed by atoms with Crippen LogP contribution in [0.5, 0.6) is 0 Å². The lowest BCUT2D eigenvalue weighted by molar-refractivity contribution is -0.305. The van der Waals surface area contributed by atoms with E-state index in [1.165, 1.54) is 6.92 Å². The molecule has 0 aromatic rings. The van der Waals surface area contributed by atoms with Gasteiger partial charge in [-0.05, 0) is 13.8 Å². The highest BCUT2D eigenvalue weighted by Gasteiger charge is 2.68. The molecule has 0 spiro atoms. The molecule has 4 atom stereocenters. The molecule has 3 aliphatic heterocycles. The van der Waals surface area contributed by atoms with Crippen LogP contribution in [0.2, 0.25) is 0 Å². The molecule has 0 bridgehead atoms. The zero-order valence-electron chi connectivity index (χ0n) is 10.1. The summed E-state index contributed by atoms with van der Waals surface area (Å²) in [6, 6.07) is 0. The molecule has 0 aromatic heterocycles. The molecule has 17 heavy (non-hydrogen) atoms. The highest BCUT2D eigenvalue weighted by atomic mass is 16.9. The molecule has 3 aliphatic rings. The molecule has 6 heteroatoms. The molecule has 6 nitrogen and oxygen atoms in total. The van der Waals surface area contributed by atoms with E-state index in [9.17, 15) is 4.79 Å². The Morgan fingerprint density at radius 2 is 2.12 bits per heavy atom. The first-order valence-electron chi connectivity index (χ1n) is 5.70. The van der Waals surface area contributed by atoms with Crippen molar-refractivity contribution in [2.45, 2.75) is 50.7 Å². The zero-order chi connectivity index (χ0) is 12.3. The van der Waals surface area contributed by atoms with Gasteiger partial charge in [-0.25, -0.2) is 0 Å². The van der Waals surface area contributed by atoms with Gasteiger partial charge in [0.25, 0.3) is 0 Å². The Kier molecular flexibility index (Phi) is 2.29. The molecule has 0 unspecified atom stereocenters. The smallest absolute Gasteiger partial charge is 0.302 e. The van der Waals surface area contributed by atoms with E-state index in [1.807, 2.05) is 13.8 Å². The van der Waals surface area contributed by atoms with Gasteiger partial charge < -0.3 is 23.7 Å². The van der Waals surface area contributed by atoms with Gasteiger partial charge in [-0.2, -0.15) is 0 Å². The summed E-state index contributed by atoms with van der Waals surface area (Å²) in [5, 5.41) is 0. The fourth-order valence-corrected chi connectivity index (χ4v) is 2.53. The van der Waals surface area contributed by atoms with E-state index in [4.69, 9.17) is 23.7 Å². The first-order chi connectivity index (χ1) is 7.92. The van der Waals surface area contributed by atoms with E-state index in [-0.39, 0.29) is 24.8 Å². The van der Waals surface area contributed by atoms with Crippen LogP contribution in [0, 0.1) is 0 Å². The van der Waals surface area contributed by atoms with E-state index in [2.05, 4.69) is 0 Å². The maximum atomic E-state index is 10.8. The largest absolute Gasteiger partial charge is 0.463 e. The third-order valence-corrected chi connectivity index (χ3v) is 3.28.